The number of rotatable bonds is 6. The van der Waals surface area contributed by atoms with E-state index in [2.05, 4.69) is 4.74 Å². The van der Waals surface area contributed by atoms with Gasteiger partial charge in [0.15, 0.2) is 0 Å². The Morgan fingerprint density at radius 2 is 1.62 bits per heavy atom. The fourth-order valence-electron chi connectivity index (χ4n) is 1.87. The first-order valence-corrected chi connectivity index (χ1v) is 6.62. The summed E-state index contributed by atoms with van der Waals surface area (Å²) in [5.74, 6) is -0.174. The van der Waals surface area contributed by atoms with E-state index in [1.54, 1.807) is 0 Å². The average Bonchev–Trinajstić information content (AvgIpc) is 2.51. The van der Waals surface area contributed by atoms with Crippen molar-refractivity contribution in [2.75, 3.05) is 0 Å². The Balaban J connectivity index is 2.09. The van der Waals surface area contributed by atoms with Crippen molar-refractivity contribution in [1.82, 2.24) is 0 Å². The molecule has 2 rings (SSSR count). The largest absolute Gasteiger partial charge is 0.489 e. The molecule has 0 bridgehead atoms. The van der Waals surface area contributed by atoms with Crippen LogP contribution in [0.5, 0.6) is 11.5 Å². The number of alkyl halides is 5. The standard InChI is InChI=1S/C16H11F5O3/c17-15(18)24-14-6-11(8-22)5-13(7-14)23-9-10-1-3-12(4-2-10)16(19,20)21/h1-8,15H,9H2. The molecule has 0 N–H and O–H groups in total. The predicted molar refractivity (Wildman–Crippen MR) is 74.2 cm³/mol. The van der Waals surface area contributed by atoms with Gasteiger partial charge in [-0.15, -0.1) is 0 Å². The maximum atomic E-state index is 12.5. The van der Waals surface area contributed by atoms with Gasteiger partial charge in [0.1, 0.15) is 24.4 Å². The molecule has 0 atom stereocenters. The van der Waals surface area contributed by atoms with Crippen molar-refractivity contribution in [1.29, 1.82) is 0 Å². The van der Waals surface area contributed by atoms with Crippen LogP contribution in [0.4, 0.5) is 22.0 Å². The highest BCUT2D eigenvalue weighted by atomic mass is 19.4. The minimum atomic E-state index is -4.43. The van der Waals surface area contributed by atoms with Gasteiger partial charge in [-0.1, -0.05) is 12.1 Å². The number of aldehydes is 1. The van der Waals surface area contributed by atoms with Crippen LogP contribution in [-0.4, -0.2) is 12.9 Å². The van der Waals surface area contributed by atoms with Crippen molar-refractivity contribution in [3.8, 4) is 11.5 Å². The molecule has 0 heterocycles. The molecule has 2 aromatic rings. The van der Waals surface area contributed by atoms with Crippen LogP contribution in [0, 0.1) is 0 Å². The molecule has 0 aliphatic heterocycles. The van der Waals surface area contributed by atoms with Gasteiger partial charge in [-0.3, -0.25) is 4.79 Å². The molecular weight excluding hydrogens is 335 g/mol. The van der Waals surface area contributed by atoms with E-state index >= 15 is 0 Å². The maximum Gasteiger partial charge on any atom is 0.416 e. The summed E-state index contributed by atoms with van der Waals surface area (Å²) in [6, 6.07) is 7.87. The summed E-state index contributed by atoms with van der Waals surface area (Å²) in [6.07, 6.45) is -4.00. The van der Waals surface area contributed by atoms with Crippen molar-refractivity contribution in [2.45, 2.75) is 19.4 Å². The van der Waals surface area contributed by atoms with Crippen LogP contribution in [0.3, 0.4) is 0 Å². The monoisotopic (exact) mass is 346 g/mol. The third-order valence-electron chi connectivity index (χ3n) is 2.95. The van der Waals surface area contributed by atoms with Crippen molar-refractivity contribution in [2.24, 2.45) is 0 Å². The zero-order valence-electron chi connectivity index (χ0n) is 12.0. The quantitative estimate of drug-likeness (QED) is 0.562. The SMILES string of the molecule is O=Cc1cc(OCc2ccc(C(F)(F)F)cc2)cc(OC(F)F)c1. The molecule has 0 aromatic heterocycles. The molecule has 8 heteroatoms. The molecule has 24 heavy (non-hydrogen) atoms. The number of carbonyl (C=O) groups is 1. The Bertz CT molecular complexity index is 696. The van der Waals surface area contributed by atoms with Gasteiger partial charge in [-0.2, -0.15) is 22.0 Å². The fourth-order valence-corrected chi connectivity index (χ4v) is 1.87. The van der Waals surface area contributed by atoms with Crippen LogP contribution in [0.15, 0.2) is 42.5 Å². The second-order valence-electron chi connectivity index (χ2n) is 4.72. The third kappa shape index (κ3) is 4.94. The summed E-state index contributed by atoms with van der Waals surface area (Å²) < 4.78 is 71.4. The first-order chi connectivity index (χ1) is 11.3. The summed E-state index contributed by atoms with van der Waals surface area (Å²) in [5, 5.41) is 0. The van der Waals surface area contributed by atoms with E-state index in [1.165, 1.54) is 18.2 Å². The Morgan fingerprint density at radius 3 is 2.17 bits per heavy atom. The van der Waals surface area contributed by atoms with Crippen LogP contribution in [-0.2, 0) is 12.8 Å². The Labute approximate surface area is 133 Å². The lowest BCUT2D eigenvalue weighted by molar-refractivity contribution is -0.137. The van der Waals surface area contributed by atoms with Gasteiger partial charge in [0.2, 0.25) is 0 Å². The highest BCUT2D eigenvalue weighted by molar-refractivity contribution is 5.76. The normalized spacial score (nSPS) is 11.4. The summed E-state index contributed by atoms with van der Waals surface area (Å²) in [6.45, 7) is -3.16. The Kier molecular flexibility index (Phi) is 5.38. The molecule has 0 amide bonds. The molecule has 0 unspecified atom stereocenters. The summed E-state index contributed by atoms with van der Waals surface area (Å²) in [4.78, 5) is 10.8. The van der Waals surface area contributed by atoms with E-state index in [1.807, 2.05) is 0 Å². The van der Waals surface area contributed by atoms with Crippen molar-refractivity contribution >= 4 is 6.29 Å². The number of benzene rings is 2. The summed E-state index contributed by atoms with van der Waals surface area (Å²) >= 11 is 0. The molecule has 0 aliphatic carbocycles. The van der Waals surface area contributed by atoms with Crippen LogP contribution < -0.4 is 9.47 Å². The second kappa shape index (κ2) is 7.29. The molecule has 0 fully saturated rings. The molecule has 0 radical (unpaired) electrons. The maximum absolute atomic E-state index is 12.5. The molecule has 0 aliphatic rings. The van der Waals surface area contributed by atoms with E-state index < -0.39 is 18.4 Å². The van der Waals surface area contributed by atoms with E-state index in [4.69, 9.17) is 4.74 Å². The Morgan fingerprint density at radius 1 is 1.00 bits per heavy atom. The number of hydrogen-bond donors (Lipinski definition) is 0. The molecule has 0 spiro atoms. The van der Waals surface area contributed by atoms with Gasteiger partial charge in [-0.05, 0) is 29.8 Å². The third-order valence-corrected chi connectivity index (χ3v) is 2.95. The predicted octanol–water partition coefficient (Wildman–Crippen LogP) is 4.70. The van der Waals surface area contributed by atoms with Gasteiger partial charge in [-0.25, -0.2) is 0 Å². The van der Waals surface area contributed by atoms with Gasteiger partial charge in [0, 0.05) is 11.6 Å². The average molecular weight is 346 g/mol. The number of carbonyl (C=O) groups excluding carboxylic acids is 1. The molecule has 3 nitrogen and oxygen atoms in total. The number of halogens is 5. The minimum Gasteiger partial charge on any atom is -0.489 e. The zero-order chi connectivity index (χ0) is 17.7. The van der Waals surface area contributed by atoms with Gasteiger partial charge < -0.3 is 9.47 Å². The lowest BCUT2D eigenvalue weighted by Crippen LogP contribution is -2.05. The second-order valence-corrected chi connectivity index (χ2v) is 4.72. The van der Waals surface area contributed by atoms with Crippen LogP contribution in [0.2, 0.25) is 0 Å². The Hall–Kier alpha value is -2.64. The van der Waals surface area contributed by atoms with E-state index in [0.29, 0.717) is 11.8 Å². The first-order valence-electron chi connectivity index (χ1n) is 6.62. The lowest BCUT2D eigenvalue weighted by atomic mass is 10.1. The van der Waals surface area contributed by atoms with Crippen molar-refractivity contribution in [3.05, 3.63) is 59.2 Å². The number of ether oxygens (including phenoxy) is 2. The molecular formula is C16H11F5O3. The van der Waals surface area contributed by atoms with Crippen molar-refractivity contribution in [3.63, 3.8) is 0 Å². The minimum absolute atomic E-state index is 0.0653. The number of hydrogen-bond acceptors (Lipinski definition) is 3. The van der Waals surface area contributed by atoms with Gasteiger partial charge >= 0.3 is 12.8 Å². The molecule has 128 valence electrons. The molecule has 0 saturated heterocycles. The smallest absolute Gasteiger partial charge is 0.416 e. The van der Waals surface area contributed by atoms with Crippen LogP contribution >= 0.6 is 0 Å². The van der Waals surface area contributed by atoms with Crippen LogP contribution in [0.25, 0.3) is 0 Å². The van der Waals surface area contributed by atoms with Crippen LogP contribution in [0.1, 0.15) is 21.5 Å². The topological polar surface area (TPSA) is 35.5 Å². The first kappa shape index (κ1) is 17.7. The van der Waals surface area contributed by atoms with Crippen molar-refractivity contribution < 1.29 is 36.2 Å². The van der Waals surface area contributed by atoms with E-state index in [-0.39, 0.29) is 23.7 Å². The lowest BCUT2D eigenvalue weighted by Gasteiger charge is -2.11. The van der Waals surface area contributed by atoms with Gasteiger partial charge in [0.05, 0.1) is 5.56 Å². The fraction of sp³-hybridized carbons (Fsp3) is 0.188. The van der Waals surface area contributed by atoms with E-state index in [9.17, 15) is 26.7 Å². The summed E-state index contributed by atoms with van der Waals surface area (Å²) in [5.41, 5.74) is -0.284. The highest BCUT2D eigenvalue weighted by Crippen LogP contribution is 2.29. The molecule has 2 aromatic carbocycles. The zero-order valence-corrected chi connectivity index (χ0v) is 12.0. The molecule has 0 saturated carbocycles. The highest BCUT2D eigenvalue weighted by Gasteiger charge is 2.29. The van der Waals surface area contributed by atoms with E-state index in [0.717, 1.165) is 24.3 Å². The summed E-state index contributed by atoms with van der Waals surface area (Å²) in [7, 11) is 0. The van der Waals surface area contributed by atoms with Gasteiger partial charge in [0.25, 0.3) is 0 Å².